The molecule has 5 nitrogen and oxygen atoms in total. The second-order valence-corrected chi connectivity index (χ2v) is 4.99. The maximum absolute atomic E-state index is 5.41. The minimum atomic E-state index is 0.303. The van der Waals surface area contributed by atoms with Crippen LogP contribution in [0.15, 0.2) is 24.4 Å². The van der Waals surface area contributed by atoms with Crippen LogP contribution in [-0.4, -0.2) is 23.0 Å². The van der Waals surface area contributed by atoms with E-state index < -0.39 is 0 Å². The van der Waals surface area contributed by atoms with Gasteiger partial charge in [-0.25, -0.2) is 0 Å². The van der Waals surface area contributed by atoms with E-state index in [2.05, 4.69) is 15.5 Å². The number of fused-ring (bicyclic) bond motifs is 1. The highest BCUT2D eigenvalue weighted by Gasteiger charge is 2.21. The molecule has 0 amide bonds. The van der Waals surface area contributed by atoms with E-state index in [0.717, 1.165) is 29.3 Å². The second kappa shape index (κ2) is 4.28. The molecule has 0 spiro atoms. The number of benzene rings is 1. The molecule has 1 aromatic carbocycles. The Bertz CT molecular complexity index is 604. The monoisotopic (exact) mass is 257 g/mol. The number of aromatic nitrogens is 2. The summed E-state index contributed by atoms with van der Waals surface area (Å²) >= 11 is 0. The van der Waals surface area contributed by atoms with Crippen LogP contribution in [0.1, 0.15) is 18.4 Å². The van der Waals surface area contributed by atoms with Gasteiger partial charge >= 0.3 is 0 Å². The van der Waals surface area contributed by atoms with Crippen LogP contribution in [0.4, 0.5) is 0 Å². The molecule has 1 aliphatic heterocycles. The van der Waals surface area contributed by atoms with Crippen molar-refractivity contribution in [3.8, 4) is 22.8 Å². The zero-order valence-corrected chi connectivity index (χ0v) is 10.5. The minimum absolute atomic E-state index is 0.303. The zero-order valence-electron chi connectivity index (χ0n) is 10.5. The predicted molar refractivity (Wildman–Crippen MR) is 70.0 cm³/mol. The van der Waals surface area contributed by atoms with E-state index in [1.165, 1.54) is 18.4 Å². The highest BCUT2D eigenvalue weighted by Crippen LogP contribution is 2.36. The summed E-state index contributed by atoms with van der Waals surface area (Å²) in [4.78, 5) is 0. The molecule has 1 saturated carbocycles. The van der Waals surface area contributed by atoms with E-state index in [1.807, 2.05) is 24.4 Å². The molecule has 5 heteroatoms. The van der Waals surface area contributed by atoms with Crippen LogP contribution in [0.25, 0.3) is 11.3 Å². The van der Waals surface area contributed by atoms with E-state index >= 15 is 0 Å². The van der Waals surface area contributed by atoms with Gasteiger partial charge < -0.3 is 14.8 Å². The fourth-order valence-corrected chi connectivity index (χ4v) is 2.29. The van der Waals surface area contributed by atoms with Crippen LogP contribution < -0.4 is 14.8 Å². The lowest BCUT2D eigenvalue weighted by atomic mass is 10.1. The molecule has 2 aromatic rings. The first-order valence-corrected chi connectivity index (χ1v) is 6.56. The molecule has 0 radical (unpaired) electrons. The van der Waals surface area contributed by atoms with E-state index in [0.29, 0.717) is 12.8 Å². The van der Waals surface area contributed by atoms with Gasteiger partial charge in [0.2, 0.25) is 6.79 Å². The number of ether oxygens (including phenoxy) is 2. The Labute approximate surface area is 110 Å². The molecule has 2 N–H and O–H groups in total. The smallest absolute Gasteiger partial charge is 0.231 e. The molecule has 1 fully saturated rings. The lowest BCUT2D eigenvalue weighted by Crippen LogP contribution is -2.15. The van der Waals surface area contributed by atoms with Gasteiger partial charge in [0.15, 0.2) is 11.5 Å². The van der Waals surface area contributed by atoms with Gasteiger partial charge in [0.1, 0.15) is 0 Å². The predicted octanol–water partition coefficient (Wildman–Crippen LogP) is 2.06. The van der Waals surface area contributed by atoms with Crippen molar-refractivity contribution in [1.29, 1.82) is 0 Å². The summed E-state index contributed by atoms with van der Waals surface area (Å²) in [5.74, 6) is 1.61. The van der Waals surface area contributed by atoms with Crippen molar-refractivity contribution >= 4 is 0 Å². The number of nitrogens with one attached hydrogen (secondary N) is 2. The van der Waals surface area contributed by atoms with Crippen LogP contribution in [0.2, 0.25) is 0 Å². The Morgan fingerprint density at radius 1 is 1.26 bits per heavy atom. The number of nitrogens with zero attached hydrogens (tertiary/aromatic N) is 1. The summed E-state index contributed by atoms with van der Waals surface area (Å²) in [6, 6.07) is 6.66. The van der Waals surface area contributed by atoms with Crippen molar-refractivity contribution in [3.63, 3.8) is 0 Å². The second-order valence-electron chi connectivity index (χ2n) is 4.99. The van der Waals surface area contributed by atoms with E-state index in [1.54, 1.807) is 0 Å². The van der Waals surface area contributed by atoms with Gasteiger partial charge in [-0.1, -0.05) is 0 Å². The third kappa shape index (κ3) is 2.06. The first-order valence-electron chi connectivity index (χ1n) is 6.56. The molecule has 0 saturated heterocycles. The molecular weight excluding hydrogens is 242 g/mol. The summed E-state index contributed by atoms with van der Waals surface area (Å²) in [6.45, 7) is 1.16. The highest BCUT2D eigenvalue weighted by atomic mass is 16.7. The Kier molecular flexibility index (Phi) is 2.45. The number of rotatable bonds is 4. The SMILES string of the molecule is c1cc2c(cc1-c1[nH]ncc1CNC1CC1)OCO2. The van der Waals surface area contributed by atoms with Crippen molar-refractivity contribution in [2.75, 3.05) is 6.79 Å². The van der Waals surface area contributed by atoms with Gasteiger partial charge in [-0.05, 0) is 31.0 Å². The number of H-pyrrole nitrogens is 1. The van der Waals surface area contributed by atoms with Crippen LogP contribution >= 0.6 is 0 Å². The number of hydrogen-bond acceptors (Lipinski definition) is 4. The lowest BCUT2D eigenvalue weighted by molar-refractivity contribution is 0.174. The highest BCUT2D eigenvalue weighted by molar-refractivity contribution is 5.66. The standard InChI is InChI=1S/C14H15N3O2/c1-4-12-13(19-8-18-12)5-9(1)14-10(7-16-17-14)6-15-11-2-3-11/h1,4-5,7,11,15H,2-3,6,8H2,(H,16,17). The van der Waals surface area contributed by atoms with Gasteiger partial charge in [0, 0.05) is 23.7 Å². The van der Waals surface area contributed by atoms with Gasteiger partial charge in [-0.15, -0.1) is 0 Å². The Hall–Kier alpha value is -2.01. The average molecular weight is 257 g/mol. The molecule has 19 heavy (non-hydrogen) atoms. The van der Waals surface area contributed by atoms with Crippen LogP contribution in [0.3, 0.4) is 0 Å². The first-order chi connectivity index (χ1) is 9.40. The van der Waals surface area contributed by atoms with Crippen LogP contribution in [0, 0.1) is 0 Å². The normalized spacial score (nSPS) is 16.8. The lowest BCUT2D eigenvalue weighted by Gasteiger charge is -2.05. The summed E-state index contributed by atoms with van der Waals surface area (Å²) in [6.07, 6.45) is 4.46. The Balaban J connectivity index is 1.62. The molecule has 98 valence electrons. The minimum Gasteiger partial charge on any atom is -0.454 e. The van der Waals surface area contributed by atoms with E-state index in [9.17, 15) is 0 Å². The maximum Gasteiger partial charge on any atom is 0.231 e. The summed E-state index contributed by atoms with van der Waals surface area (Å²) in [5.41, 5.74) is 3.31. The fraction of sp³-hybridized carbons (Fsp3) is 0.357. The summed E-state index contributed by atoms with van der Waals surface area (Å²) < 4.78 is 10.7. The van der Waals surface area contributed by atoms with Gasteiger partial charge in [0.25, 0.3) is 0 Å². The molecule has 1 aromatic heterocycles. The van der Waals surface area contributed by atoms with Crippen LogP contribution in [0.5, 0.6) is 11.5 Å². The molecule has 4 rings (SSSR count). The third-order valence-electron chi connectivity index (χ3n) is 3.54. The van der Waals surface area contributed by atoms with E-state index in [-0.39, 0.29) is 0 Å². The van der Waals surface area contributed by atoms with Crippen molar-refractivity contribution in [3.05, 3.63) is 30.0 Å². The number of hydrogen-bond donors (Lipinski definition) is 2. The largest absolute Gasteiger partial charge is 0.454 e. The fourth-order valence-electron chi connectivity index (χ4n) is 2.29. The summed E-state index contributed by atoms with van der Waals surface area (Å²) in [7, 11) is 0. The van der Waals surface area contributed by atoms with E-state index in [4.69, 9.17) is 9.47 Å². The topological polar surface area (TPSA) is 59.2 Å². The maximum atomic E-state index is 5.41. The van der Waals surface area contributed by atoms with Gasteiger partial charge in [0.05, 0.1) is 11.9 Å². The molecule has 1 aliphatic carbocycles. The Morgan fingerprint density at radius 2 is 2.16 bits per heavy atom. The van der Waals surface area contributed by atoms with Gasteiger partial charge in [-0.3, -0.25) is 5.10 Å². The molecule has 2 aliphatic rings. The van der Waals surface area contributed by atoms with Crippen LogP contribution in [-0.2, 0) is 6.54 Å². The first kappa shape index (κ1) is 10.9. The number of aromatic amines is 1. The van der Waals surface area contributed by atoms with Crippen molar-refractivity contribution in [1.82, 2.24) is 15.5 Å². The average Bonchev–Trinajstić information content (AvgIpc) is 2.97. The quantitative estimate of drug-likeness (QED) is 0.880. The van der Waals surface area contributed by atoms with Crippen molar-refractivity contribution in [2.24, 2.45) is 0 Å². The molecule has 2 heterocycles. The molecular formula is C14H15N3O2. The molecule has 0 bridgehead atoms. The zero-order chi connectivity index (χ0) is 12.7. The summed E-state index contributed by atoms with van der Waals surface area (Å²) in [5, 5.41) is 10.7. The molecule has 0 unspecified atom stereocenters. The Morgan fingerprint density at radius 3 is 3.05 bits per heavy atom. The van der Waals surface area contributed by atoms with Crippen molar-refractivity contribution in [2.45, 2.75) is 25.4 Å². The molecule has 0 atom stereocenters. The van der Waals surface area contributed by atoms with Gasteiger partial charge in [-0.2, -0.15) is 5.10 Å². The van der Waals surface area contributed by atoms with Crippen molar-refractivity contribution < 1.29 is 9.47 Å². The third-order valence-corrected chi connectivity index (χ3v) is 3.54.